The van der Waals surface area contributed by atoms with Crippen molar-refractivity contribution in [3.8, 4) is 0 Å². The van der Waals surface area contributed by atoms with Crippen LogP contribution in [-0.2, 0) is 0 Å². The molecule has 1 fully saturated rings. The van der Waals surface area contributed by atoms with Crippen molar-refractivity contribution in [3.63, 3.8) is 0 Å². The van der Waals surface area contributed by atoms with E-state index in [4.69, 9.17) is 0 Å². The van der Waals surface area contributed by atoms with Crippen LogP contribution in [-0.4, -0.2) is 18.0 Å². The maximum atomic E-state index is 3.94. The molecule has 0 saturated carbocycles. The molecule has 1 aliphatic rings. The Morgan fingerprint density at radius 1 is 1.44 bits per heavy atom. The van der Waals surface area contributed by atoms with Crippen molar-refractivity contribution in [2.45, 2.75) is 19.3 Å². The molecule has 0 bridgehead atoms. The molecular weight excluding hydrogens is 110 g/mol. The van der Waals surface area contributed by atoms with E-state index in [-0.39, 0.29) is 0 Å². The summed E-state index contributed by atoms with van der Waals surface area (Å²) in [4.78, 5) is 2.09. The molecule has 1 aliphatic heterocycles. The monoisotopic (exact) mass is 124 g/mol. The van der Waals surface area contributed by atoms with Gasteiger partial charge < -0.3 is 4.90 Å². The molecule has 1 saturated heterocycles. The van der Waals surface area contributed by atoms with Crippen LogP contribution in [0.4, 0.5) is 0 Å². The van der Waals surface area contributed by atoms with Crippen LogP contribution >= 0.6 is 0 Å². The summed E-state index contributed by atoms with van der Waals surface area (Å²) in [5, 5.41) is 0. The molecule has 0 spiro atoms. The zero-order valence-corrected chi connectivity index (χ0v) is 5.90. The van der Waals surface area contributed by atoms with Crippen LogP contribution in [0.25, 0.3) is 0 Å². The van der Waals surface area contributed by atoms with Gasteiger partial charge in [0.25, 0.3) is 0 Å². The van der Waals surface area contributed by atoms with E-state index in [2.05, 4.69) is 18.5 Å². The summed E-state index contributed by atoms with van der Waals surface area (Å²) in [5.41, 5.74) is 1.34. The highest BCUT2D eigenvalue weighted by atomic mass is 15.1. The van der Waals surface area contributed by atoms with E-state index < -0.39 is 0 Å². The SMILES string of the molecule is C=C1CCCCN([CH2-])C1. The molecule has 0 aromatic rings. The van der Waals surface area contributed by atoms with Crippen LogP contribution in [0, 0.1) is 7.05 Å². The zero-order chi connectivity index (χ0) is 6.69. The fourth-order valence-corrected chi connectivity index (χ4v) is 1.18. The lowest BCUT2D eigenvalue weighted by atomic mass is 10.1. The molecule has 9 heavy (non-hydrogen) atoms. The van der Waals surface area contributed by atoms with E-state index in [0.717, 1.165) is 13.1 Å². The maximum absolute atomic E-state index is 3.94. The summed E-state index contributed by atoms with van der Waals surface area (Å²) in [6, 6.07) is 0. The Morgan fingerprint density at radius 2 is 2.22 bits per heavy atom. The molecule has 0 amide bonds. The van der Waals surface area contributed by atoms with Crippen LogP contribution in [0.1, 0.15) is 19.3 Å². The minimum Gasteiger partial charge on any atom is -0.456 e. The molecule has 0 aromatic carbocycles. The molecular formula is C8H14N-. The summed E-state index contributed by atoms with van der Waals surface area (Å²) in [6.45, 7) is 6.08. The van der Waals surface area contributed by atoms with Gasteiger partial charge in [0.2, 0.25) is 0 Å². The van der Waals surface area contributed by atoms with Gasteiger partial charge in [-0.25, -0.2) is 0 Å². The van der Waals surface area contributed by atoms with Gasteiger partial charge in [0.15, 0.2) is 0 Å². The third kappa shape index (κ3) is 2.19. The van der Waals surface area contributed by atoms with E-state index in [0.29, 0.717) is 0 Å². The molecule has 0 N–H and O–H groups in total. The highest BCUT2D eigenvalue weighted by Crippen LogP contribution is 2.12. The molecule has 0 unspecified atom stereocenters. The lowest BCUT2D eigenvalue weighted by Gasteiger charge is -2.21. The Bertz CT molecular complexity index is 107. The highest BCUT2D eigenvalue weighted by molar-refractivity contribution is 4.98. The molecule has 1 heterocycles. The number of hydrogen-bond donors (Lipinski definition) is 0. The largest absolute Gasteiger partial charge is 0.456 e. The Balaban J connectivity index is 2.37. The van der Waals surface area contributed by atoms with Crippen molar-refractivity contribution in [1.29, 1.82) is 0 Å². The molecule has 1 heteroatoms. The van der Waals surface area contributed by atoms with E-state index in [9.17, 15) is 0 Å². The number of likely N-dealkylation sites (tertiary alicyclic amines) is 1. The molecule has 1 rings (SSSR count). The molecule has 0 radical (unpaired) electrons. The van der Waals surface area contributed by atoms with Crippen LogP contribution in [0.2, 0.25) is 0 Å². The molecule has 0 atom stereocenters. The Kier molecular flexibility index (Phi) is 2.29. The second-order valence-corrected chi connectivity index (χ2v) is 2.76. The van der Waals surface area contributed by atoms with Crippen molar-refractivity contribution in [3.05, 3.63) is 19.2 Å². The predicted octanol–water partition coefficient (Wildman–Crippen LogP) is 1.82. The van der Waals surface area contributed by atoms with Gasteiger partial charge >= 0.3 is 0 Å². The van der Waals surface area contributed by atoms with Gasteiger partial charge in [0.05, 0.1) is 0 Å². The fourth-order valence-electron chi connectivity index (χ4n) is 1.18. The van der Waals surface area contributed by atoms with Crippen LogP contribution < -0.4 is 0 Å². The Labute approximate surface area is 57.4 Å². The van der Waals surface area contributed by atoms with Gasteiger partial charge in [0, 0.05) is 0 Å². The number of nitrogens with zero attached hydrogens (tertiary/aromatic N) is 1. The summed E-state index contributed by atoms with van der Waals surface area (Å²) >= 11 is 0. The second-order valence-electron chi connectivity index (χ2n) is 2.76. The minimum atomic E-state index is 1.00. The van der Waals surface area contributed by atoms with E-state index in [1.165, 1.54) is 24.8 Å². The number of rotatable bonds is 0. The van der Waals surface area contributed by atoms with Crippen molar-refractivity contribution < 1.29 is 0 Å². The van der Waals surface area contributed by atoms with E-state index in [1.807, 2.05) is 0 Å². The maximum Gasteiger partial charge on any atom is -0.00893 e. The van der Waals surface area contributed by atoms with Crippen molar-refractivity contribution in [2.24, 2.45) is 0 Å². The summed E-state index contributed by atoms with van der Waals surface area (Å²) < 4.78 is 0. The number of hydrogen-bond acceptors (Lipinski definition) is 1. The standard InChI is InChI=1S/C8H14N/c1-8-5-3-4-6-9(2)7-8/h1-7H2/q-1. The molecule has 52 valence electrons. The smallest absolute Gasteiger partial charge is 0.00893 e. The lowest BCUT2D eigenvalue weighted by Crippen LogP contribution is -2.16. The van der Waals surface area contributed by atoms with Gasteiger partial charge in [0.1, 0.15) is 0 Å². The van der Waals surface area contributed by atoms with E-state index in [1.54, 1.807) is 0 Å². The zero-order valence-electron chi connectivity index (χ0n) is 5.90. The first kappa shape index (κ1) is 6.81. The predicted molar refractivity (Wildman–Crippen MR) is 39.9 cm³/mol. The van der Waals surface area contributed by atoms with Gasteiger partial charge in [-0.1, -0.05) is 12.2 Å². The third-order valence-electron chi connectivity index (χ3n) is 1.70. The molecule has 1 nitrogen and oxygen atoms in total. The molecule has 0 aliphatic carbocycles. The minimum absolute atomic E-state index is 1.00. The Morgan fingerprint density at radius 3 is 3.00 bits per heavy atom. The van der Waals surface area contributed by atoms with Crippen LogP contribution in [0.5, 0.6) is 0 Å². The van der Waals surface area contributed by atoms with Crippen molar-refractivity contribution in [2.75, 3.05) is 13.1 Å². The first-order chi connectivity index (χ1) is 4.29. The Hall–Kier alpha value is -0.300. The summed E-state index contributed by atoms with van der Waals surface area (Å²) in [6.07, 6.45) is 3.78. The van der Waals surface area contributed by atoms with Crippen LogP contribution in [0.3, 0.4) is 0 Å². The lowest BCUT2D eigenvalue weighted by molar-refractivity contribution is 0.409. The van der Waals surface area contributed by atoms with Crippen molar-refractivity contribution >= 4 is 0 Å². The first-order valence-corrected chi connectivity index (χ1v) is 3.51. The summed E-state index contributed by atoms with van der Waals surface area (Å²) in [5.74, 6) is 0. The molecule has 0 aromatic heterocycles. The second kappa shape index (κ2) is 3.02. The van der Waals surface area contributed by atoms with Crippen LogP contribution in [0.15, 0.2) is 12.2 Å². The third-order valence-corrected chi connectivity index (χ3v) is 1.70. The van der Waals surface area contributed by atoms with Gasteiger partial charge in [-0.2, -0.15) is 0 Å². The van der Waals surface area contributed by atoms with Crippen molar-refractivity contribution in [1.82, 2.24) is 4.90 Å². The highest BCUT2D eigenvalue weighted by Gasteiger charge is 2.01. The van der Waals surface area contributed by atoms with E-state index >= 15 is 0 Å². The average Bonchev–Trinajstić information content (AvgIpc) is 1.93. The van der Waals surface area contributed by atoms with Gasteiger partial charge in [-0.05, 0) is 32.4 Å². The fraction of sp³-hybridized carbons (Fsp3) is 0.625. The first-order valence-electron chi connectivity index (χ1n) is 3.51. The average molecular weight is 124 g/mol. The normalized spacial score (nSPS) is 23.9. The summed E-state index contributed by atoms with van der Waals surface area (Å²) in [7, 11) is 3.88. The quantitative estimate of drug-likeness (QED) is 0.351. The van der Waals surface area contributed by atoms with Gasteiger partial charge in [-0.15, -0.1) is 0 Å². The van der Waals surface area contributed by atoms with Gasteiger partial charge in [-0.3, -0.25) is 7.05 Å². The topological polar surface area (TPSA) is 3.24 Å².